The van der Waals surface area contributed by atoms with E-state index in [1.54, 1.807) is 0 Å². The van der Waals surface area contributed by atoms with E-state index < -0.39 is 0 Å². The van der Waals surface area contributed by atoms with Crippen LogP contribution < -0.4 is 15.5 Å². The van der Waals surface area contributed by atoms with E-state index in [9.17, 15) is 4.79 Å². The number of rotatable bonds is 5. The molecule has 0 bridgehead atoms. The van der Waals surface area contributed by atoms with E-state index in [1.807, 2.05) is 25.1 Å². The molecule has 1 fully saturated rings. The maximum absolute atomic E-state index is 11.9. The van der Waals surface area contributed by atoms with Gasteiger partial charge in [-0.25, -0.2) is 4.79 Å². The van der Waals surface area contributed by atoms with Crippen molar-refractivity contribution in [2.45, 2.75) is 39.2 Å². The van der Waals surface area contributed by atoms with E-state index in [4.69, 9.17) is 5.11 Å². The van der Waals surface area contributed by atoms with Crippen molar-refractivity contribution in [2.24, 2.45) is 5.92 Å². The van der Waals surface area contributed by atoms with E-state index in [1.165, 1.54) is 12.8 Å². The quantitative estimate of drug-likeness (QED) is 0.784. The number of benzene rings is 1. The molecule has 0 aromatic heterocycles. The lowest BCUT2D eigenvalue weighted by atomic mass is 9.99. The number of hydrogen-bond acceptors (Lipinski definition) is 3. The summed E-state index contributed by atoms with van der Waals surface area (Å²) in [7, 11) is 0. The highest BCUT2D eigenvalue weighted by Gasteiger charge is 2.16. The number of anilines is 2. The molecule has 1 heterocycles. The fraction of sp³-hybridized carbons (Fsp3) is 0.588. The van der Waals surface area contributed by atoms with Crippen molar-refractivity contribution in [1.29, 1.82) is 0 Å². The first-order valence-corrected chi connectivity index (χ1v) is 8.15. The monoisotopic (exact) mass is 305 g/mol. The molecule has 0 saturated carbocycles. The molecule has 1 aliphatic rings. The molecule has 1 atom stereocenters. The van der Waals surface area contributed by atoms with Crippen LogP contribution in [0.1, 0.15) is 33.1 Å². The summed E-state index contributed by atoms with van der Waals surface area (Å²) in [5.74, 6) is 0.799. The van der Waals surface area contributed by atoms with Gasteiger partial charge in [-0.3, -0.25) is 0 Å². The summed E-state index contributed by atoms with van der Waals surface area (Å²) in [6.07, 6.45) is 3.13. The molecular formula is C17H27N3O2. The fourth-order valence-electron chi connectivity index (χ4n) is 2.68. The maximum atomic E-state index is 11.9. The topological polar surface area (TPSA) is 64.6 Å². The maximum Gasteiger partial charge on any atom is 0.319 e. The Balaban J connectivity index is 1.95. The summed E-state index contributed by atoms with van der Waals surface area (Å²) < 4.78 is 0. The van der Waals surface area contributed by atoms with Gasteiger partial charge in [0.2, 0.25) is 0 Å². The van der Waals surface area contributed by atoms with Gasteiger partial charge in [-0.15, -0.1) is 0 Å². The molecule has 22 heavy (non-hydrogen) atoms. The fourth-order valence-corrected chi connectivity index (χ4v) is 2.68. The summed E-state index contributed by atoms with van der Waals surface area (Å²) in [6.45, 7) is 6.32. The summed E-state index contributed by atoms with van der Waals surface area (Å²) in [6, 6.07) is 7.47. The summed E-state index contributed by atoms with van der Waals surface area (Å²) in [5, 5.41) is 14.7. The van der Waals surface area contributed by atoms with E-state index in [-0.39, 0.29) is 18.7 Å². The number of piperidine rings is 1. The molecular weight excluding hydrogens is 278 g/mol. The van der Waals surface area contributed by atoms with Gasteiger partial charge in [-0.05, 0) is 43.4 Å². The van der Waals surface area contributed by atoms with Crippen LogP contribution in [-0.4, -0.2) is 36.9 Å². The van der Waals surface area contributed by atoms with Crippen molar-refractivity contribution in [3.8, 4) is 0 Å². The average molecular weight is 305 g/mol. The van der Waals surface area contributed by atoms with Gasteiger partial charge in [0.05, 0.1) is 12.6 Å². The Morgan fingerprint density at radius 3 is 2.77 bits per heavy atom. The number of carbonyl (C=O) groups is 1. The smallest absolute Gasteiger partial charge is 0.319 e. The zero-order valence-corrected chi connectivity index (χ0v) is 13.5. The molecule has 0 radical (unpaired) electrons. The van der Waals surface area contributed by atoms with Crippen molar-refractivity contribution >= 4 is 17.4 Å². The molecule has 1 aromatic rings. The average Bonchev–Trinajstić information content (AvgIpc) is 2.53. The summed E-state index contributed by atoms with van der Waals surface area (Å²) in [5.41, 5.74) is 1.93. The number of nitrogens with one attached hydrogen (secondary N) is 2. The third-order valence-electron chi connectivity index (χ3n) is 4.30. The lowest BCUT2D eigenvalue weighted by molar-refractivity contribution is 0.222. The second-order valence-corrected chi connectivity index (χ2v) is 6.11. The van der Waals surface area contributed by atoms with Crippen LogP contribution in [0.15, 0.2) is 24.3 Å². The first-order valence-electron chi connectivity index (χ1n) is 8.15. The van der Waals surface area contributed by atoms with Gasteiger partial charge >= 0.3 is 6.03 Å². The molecule has 3 N–H and O–H groups in total. The number of carbonyl (C=O) groups excluding carboxylic acids is 1. The van der Waals surface area contributed by atoms with Crippen molar-refractivity contribution in [3.63, 3.8) is 0 Å². The number of amides is 2. The van der Waals surface area contributed by atoms with Crippen LogP contribution in [0.2, 0.25) is 0 Å². The van der Waals surface area contributed by atoms with Crippen molar-refractivity contribution in [3.05, 3.63) is 24.3 Å². The molecule has 1 aliphatic heterocycles. The van der Waals surface area contributed by atoms with Crippen molar-refractivity contribution in [2.75, 3.05) is 29.9 Å². The highest BCUT2D eigenvalue weighted by atomic mass is 16.3. The Morgan fingerprint density at radius 2 is 2.14 bits per heavy atom. The second kappa shape index (κ2) is 8.03. The van der Waals surface area contributed by atoms with Crippen LogP contribution in [-0.2, 0) is 0 Å². The number of aliphatic hydroxyl groups is 1. The Bertz CT molecular complexity index is 481. The molecule has 1 saturated heterocycles. The molecule has 0 spiro atoms. The standard InChI is InChI=1S/C17H27N3O2/c1-3-14(12-21)18-17(22)19-15-5-4-6-16(11-15)20-9-7-13(2)8-10-20/h4-6,11,13-14,21H,3,7-10,12H2,1-2H3,(H2,18,19,22). The third-order valence-corrected chi connectivity index (χ3v) is 4.30. The Hall–Kier alpha value is -1.75. The van der Waals surface area contributed by atoms with Crippen LogP contribution in [0.5, 0.6) is 0 Å². The Labute approximate surface area is 132 Å². The van der Waals surface area contributed by atoms with Crippen molar-refractivity contribution < 1.29 is 9.90 Å². The van der Waals surface area contributed by atoms with Gasteiger partial charge < -0.3 is 20.6 Å². The first-order chi connectivity index (χ1) is 10.6. The van der Waals surface area contributed by atoms with Gasteiger partial charge in [0.25, 0.3) is 0 Å². The molecule has 2 rings (SSSR count). The summed E-state index contributed by atoms with van der Waals surface area (Å²) >= 11 is 0. The van der Waals surface area contributed by atoms with Crippen LogP contribution in [0.25, 0.3) is 0 Å². The van der Waals surface area contributed by atoms with Gasteiger partial charge in [0.15, 0.2) is 0 Å². The number of hydrogen-bond donors (Lipinski definition) is 3. The molecule has 5 nitrogen and oxygen atoms in total. The number of aliphatic hydroxyl groups excluding tert-OH is 1. The minimum absolute atomic E-state index is 0.0457. The highest BCUT2D eigenvalue weighted by molar-refractivity contribution is 5.90. The van der Waals surface area contributed by atoms with Gasteiger partial charge in [0, 0.05) is 24.5 Å². The predicted molar refractivity (Wildman–Crippen MR) is 90.4 cm³/mol. The predicted octanol–water partition coefficient (Wildman–Crippen LogP) is 2.82. The number of nitrogens with zero attached hydrogens (tertiary/aromatic N) is 1. The van der Waals surface area contributed by atoms with E-state index >= 15 is 0 Å². The molecule has 2 amide bonds. The third kappa shape index (κ3) is 4.63. The molecule has 1 aromatic carbocycles. The highest BCUT2D eigenvalue weighted by Crippen LogP contribution is 2.25. The van der Waals surface area contributed by atoms with Crippen LogP contribution in [0.3, 0.4) is 0 Å². The van der Waals surface area contributed by atoms with Crippen LogP contribution >= 0.6 is 0 Å². The van der Waals surface area contributed by atoms with Gasteiger partial charge in [0.1, 0.15) is 0 Å². The van der Waals surface area contributed by atoms with Gasteiger partial charge in [-0.1, -0.05) is 19.9 Å². The minimum Gasteiger partial charge on any atom is -0.394 e. The van der Waals surface area contributed by atoms with Crippen LogP contribution in [0.4, 0.5) is 16.2 Å². The zero-order chi connectivity index (χ0) is 15.9. The zero-order valence-electron chi connectivity index (χ0n) is 13.5. The normalized spacial score (nSPS) is 17.1. The SMILES string of the molecule is CCC(CO)NC(=O)Nc1cccc(N2CCC(C)CC2)c1. The minimum atomic E-state index is -0.273. The molecule has 122 valence electrons. The lowest BCUT2D eigenvalue weighted by Gasteiger charge is -2.32. The number of urea groups is 1. The lowest BCUT2D eigenvalue weighted by Crippen LogP contribution is -2.39. The van der Waals surface area contributed by atoms with Crippen molar-refractivity contribution in [1.82, 2.24) is 5.32 Å². The van der Waals surface area contributed by atoms with E-state index in [2.05, 4.69) is 28.5 Å². The molecule has 5 heteroatoms. The largest absolute Gasteiger partial charge is 0.394 e. The van der Waals surface area contributed by atoms with E-state index in [0.29, 0.717) is 6.42 Å². The second-order valence-electron chi connectivity index (χ2n) is 6.11. The van der Waals surface area contributed by atoms with E-state index in [0.717, 1.165) is 30.4 Å². The van der Waals surface area contributed by atoms with Crippen LogP contribution in [0, 0.1) is 5.92 Å². The Kier molecular flexibility index (Phi) is 6.07. The molecule has 1 unspecified atom stereocenters. The first kappa shape index (κ1) is 16.6. The molecule has 0 aliphatic carbocycles. The van der Waals surface area contributed by atoms with Gasteiger partial charge in [-0.2, -0.15) is 0 Å². The summed E-state index contributed by atoms with van der Waals surface area (Å²) in [4.78, 5) is 14.3. The Morgan fingerprint density at radius 1 is 1.41 bits per heavy atom.